The van der Waals surface area contributed by atoms with Crippen LogP contribution in [-0.4, -0.2) is 35.0 Å². The summed E-state index contributed by atoms with van der Waals surface area (Å²) in [6, 6.07) is 0. The average molecular weight is 230 g/mol. The van der Waals surface area contributed by atoms with Crippen molar-refractivity contribution in [2.45, 2.75) is 70.9 Å². The van der Waals surface area contributed by atoms with Gasteiger partial charge >= 0.3 is 0 Å². The van der Waals surface area contributed by atoms with Gasteiger partial charge in [0.05, 0.1) is 11.7 Å². The third-order valence-corrected chi connectivity index (χ3v) is 3.69. The van der Waals surface area contributed by atoms with Crippen LogP contribution in [0.3, 0.4) is 0 Å². The Morgan fingerprint density at radius 2 is 1.94 bits per heavy atom. The minimum atomic E-state index is -0.819. The highest BCUT2D eigenvalue weighted by Crippen LogP contribution is 2.43. The summed E-state index contributed by atoms with van der Waals surface area (Å²) in [5.74, 6) is -0.436. The van der Waals surface area contributed by atoms with Crippen LogP contribution in [0.2, 0.25) is 0 Å². The Labute approximate surface area is 96.9 Å². The van der Waals surface area contributed by atoms with Gasteiger partial charge in [-0.05, 0) is 27.2 Å². The van der Waals surface area contributed by atoms with E-state index in [2.05, 4.69) is 0 Å². The third kappa shape index (κ3) is 1.88. The summed E-state index contributed by atoms with van der Waals surface area (Å²) in [5, 5.41) is 10.2. The van der Waals surface area contributed by atoms with E-state index >= 15 is 0 Å². The van der Waals surface area contributed by atoms with Crippen molar-refractivity contribution in [3.63, 3.8) is 0 Å². The summed E-state index contributed by atoms with van der Waals surface area (Å²) >= 11 is 0. The molecular formula is C12H22O4. The van der Waals surface area contributed by atoms with E-state index in [9.17, 15) is 5.11 Å². The zero-order valence-corrected chi connectivity index (χ0v) is 10.7. The van der Waals surface area contributed by atoms with Gasteiger partial charge in [0.15, 0.2) is 12.1 Å². The highest BCUT2D eigenvalue weighted by Gasteiger charge is 2.56. The molecule has 4 heteroatoms. The lowest BCUT2D eigenvalue weighted by Gasteiger charge is -2.33. The van der Waals surface area contributed by atoms with E-state index in [-0.39, 0.29) is 24.4 Å². The number of ether oxygens (including phenoxy) is 3. The summed E-state index contributed by atoms with van der Waals surface area (Å²) in [6.07, 6.45) is 0.0276. The van der Waals surface area contributed by atoms with Crippen molar-refractivity contribution in [2.75, 3.05) is 0 Å². The molecule has 0 radical (unpaired) electrons. The first-order valence-corrected chi connectivity index (χ1v) is 6.00. The van der Waals surface area contributed by atoms with Crippen molar-refractivity contribution in [3.8, 4) is 0 Å². The van der Waals surface area contributed by atoms with E-state index in [1.54, 1.807) is 6.92 Å². The second kappa shape index (κ2) is 3.67. The predicted octanol–water partition coefficient (Wildman–Crippen LogP) is 1.66. The molecule has 5 atom stereocenters. The van der Waals surface area contributed by atoms with Crippen molar-refractivity contribution in [3.05, 3.63) is 0 Å². The van der Waals surface area contributed by atoms with Crippen LogP contribution in [0.15, 0.2) is 0 Å². The molecule has 1 N–H and O–H groups in total. The lowest BCUT2D eigenvalue weighted by atomic mass is 9.86. The van der Waals surface area contributed by atoms with Crippen LogP contribution in [0, 0.1) is 5.92 Å². The molecule has 0 unspecified atom stereocenters. The quantitative estimate of drug-likeness (QED) is 0.783. The summed E-state index contributed by atoms with van der Waals surface area (Å²) in [5.41, 5.74) is -0.819. The molecule has 0 saturated carbocycles. The van der Waals surface area contributed by atoms with Crippen molar-refractivity contribution in [2.24, 2.45) is 5.92 Å². The lowest BCUT2D eigenvalue weighted by molar-refractivity contribution is -0.231. The Hall–Kier alpha value is -0.160. The van der Waals surface area contributed by atoms with Crippen molar-refractivity contribution < 1.29 is 19.3 Å². The highest BCUT2D eigenvalue weighted by molar-refractivity contribution is 4.97. The van der Waals surface area contributed by atoms with Gasteiger partial charge in [-0.2, -0.15) is 0 Å². The Morgan fingerprint density at radius 1 is 1.31 bits per heavy atom. The Bertz CT molecular complexity index is 274. The van der Waals surface area contributed by atoms with Gasteiger partial charge in [0, 0.05) is 5.92 Å². The topological polar surface area (TPSA) is 47.9 Å². The normalized spacial score (nSPS) is 45.4. The molecule has 4 nitrogen and oxygen atoms in total. The SMILES string of the molecule is CC[C@@](C)(O)[C@H]1O[C@@H]2OC(C)(C)O[C@@H]2[C@@H]1C. The van der Waals surface area contributed by atoms with Gasteiger partial charge in [-0.25, -0.2) is 0 Å². The van der Waals surface area contributed by atoms with Crippen molar-refractivity contribution in [1.82, 2.24) is 0 Å². The van der Waals surface area contributed by atoms with Crippen LogP contribution in [0.4, 0.5) is 0 Å². The molecule has 16 heavy (non-hydrogen) atoms. The molecule has 0 aromatic heterocycles. The van der Waals surface area contributed by atoms with Crippen LogP contribution < -0.4 is 0 Å². The molecule has 2 aliphatic heterocycles. The lowest BCUT2D eigenvalue weighted by Crippen LogP contribution is -2.44. The maximum atomic E-state index is 10.2. The molecule has 94 valence electrons. The van der Waals surface area contributed by atoms with Crippen LogP contribution in [0.5, 0.6) is 0 Å². The summed E-state index contributed by atoms with van der Waals surface area (Å²) in [4.78, 5) is 0. The molecule has 0 aliphatic carbocycles. The van der Waals surface area contributed by atoms with Gasteiger partial charge in [0.25, 0.3) is 0 Å². The summed E-state index contributed by atoms with van der Waals surface area (Å²) in [6.45, 7) is 9.57. The monoisotopic (exact) mass is 230 g/mol. The van der Waals surface area contributed by atoms with Crippen molar-refractivity contribution in [1.29, 1.82) is 0 Å². The van der Waals surface area contributed by atoms with Crippen molar-refractivity contribution >= 4 is 0 Å². The van der Waals surface area contributed by atoms with Gasteiger partial charge in [-0.15, -0.1) is 0 Å². The molecule has 0 aromatic carbocycles. The Kier molecular flexibility index (Phi) is 2.82. The van der Waals surface area contributed by atoms with Gasteiger partial charge in [0.1, 0.15) is 6.10 Å². The largest absolute Gasteiger partial charge is 0.387 e. The fourth-order valence-electron chi connectivity index (χ4n) is 2.57. The van der Waals surface area contributed by atoms with E-state index in [1.807, 2.05) is 27.7 Å². The maximum Gasteiger partial charge on any atom is 0.187 e. The van der Waals surface area contributed by atoms with Crippen LogP contribution in [0.25, 0.3) is 0 Å². The number of aliphatic hydroxyl groups is 1. The number of fused-ring (bicyclic) bond motifs is 1. The van der Waals surface area contributed by atoms with Gasteiger partial charge < -0.3 is 19.3 Å². The molecular weight excluding hydrogens is 208 g/mol. The fourth-order valence-corrected chi connectivity index (χ4v) is 2.57. The summed E-state index contributed by atoms with van der Waals surface area (Å²) < 4.78 is 17.2. The molecule has 0 aromatic rings. The number of hydrogen-bond acceptors (Lipinski definition) is 4. The molecule has 0 amide bonds. The molecule has 2 rings (SSSR count). The van der Waals surface area contributed by atoms with Crippen LogP contribution >= 0.6 is 0 Å². The molecule has 2 heterocycles. The number of rotatable bonds is 2. The highest BCUT2D eigenvalue weighted by atomic mass is 16.8. The first kappa shape index (κ1) is 12.3. The van der Waals surface area contributed by atoms with E-state index in [0.29, 0.717) is 6.42 Å². The second-order valence-electron chi connectivity index (χ2n) is 5.60. The molecule has 0 spiro atoms. The zero-order valence-electron chi connectivity index (χ0n) is 10.7. The average Bonchev–Trinajstić information content (AvgIpc) is 2.62. The predicted molar refractivity (Wildman–Crippen MR) is 58.8 cm³/mol. The minimum Gasteiger partial charge on any atom is -0.387 e. The standard InChI is InChI=1S/C12H22O4/c1-6-12(5,13)9-7(2)8-10(14-9)16-11(3,4)15-8/h7-10,13H,6H2,1-5H3/t7-,8+,9-,10+,12+/m0/s1. The maximum absolute atomic E-state index is 10.2. The van der Waals surface area contributed by atoms with E-state index < -0.39 is 11.4 Å². The number of hydrogen-bond donors (Lipinski definition) is 1. The molecule has 0 bridgehead atoms. The smallest absolute Gasteiger partial charge is 0.187 e. The van der Waals surface area contributed by atoms with E-state index in [4.69, 9.17) is 14.2 Å². The Balaban J connectivity index is 2.11. The third-order valence-electron chi connectivity index (χ3n) is 3.69. The first-order valence-electron chi connectivity index (χ1n) is 6.00. The second-order valence-corrected chi connectivity index (χ2v) is 5.60. The van der Waals surface area contributed by atoms with Gasteiger partial charge in [-0.3, -0.25) is 0 Å². The fraction of sp³-hybridized carbons (Fsp3) is 1.00. The molecule has 2 fully saturated rings. The summed E-state index contributed by atoms with van der Waals surface area (Å²) in [7, 11) is 0. The van der Waals surface area contributed by atoms with Crippen LogP contribution in [-0.2, 0) is 14.2 Å². The van der Waals surface area contributed by atoms with Gasteiger partial charge in [-0.1, -0.05) is 13.8 Å². The Morgan fingerprint density at radius 3 is 2.44 bits per heavy atom. The zero-order chi connectivity index (χ0) is 12.1. The van der Waals surface area contributed by atoms with Gasteiger partial charge in [0.2, 0.25) is 0 Å². The molecule has 2 saturated heterocycles. The van der Waals surface area contributed by atoms with E-state index in [1.165, 1.54) is 0 Å². The van der Waals surface area contributed by atoms with E-state index in [0.717, 1.165) is 0 Å². The molecule has 2 aliphatic rings. The first-order chi connectivity index (χ1) is 7.27. The van der Waals surface area contributed by atoms with Crippen LogP contribution in [0.1, 0.15) is 41.0 Å². The minimum absolute atomic E-state index is 0.0713.